The molecule has 0 rings (SSSR count). The molecule has 0 aliphatic carbocycles. The molecule has 0 saturated heterocycles. The smallest absolute Gasteiger partial charge is 1.00 e. The van der Waals surface area contributed by atoms with Crippen molar-refractivity contribution in [2.75, 3.05) is 0 Å². The summed E-state index contributed by atoms with van der Waals surface area (Å²) in [5, 5.41) is 0. The third-order valence-corrected chi connectivity index (χ3v) is 0. The summed E-state index contributed by atoms with van der Waals surface area (Å²) in [6.45, 7) is 0. The Bertz CT molecular complexity index is 64.7. The van der Waals surface area contributed by atoms with E-state index in [0.717, 1.165) is 0 Å². The van der Waals surface area contributed by atoms with Crippen LogP contribution in [0.1, 0.15) is 2.85 Å². The minimum absolute atomic E-state index is 0. The summed E-state index contributed by atoms with van der Waals surface area (Å²) in [7, 11) is -4.64. The van der Waals surface area contributed by atoms with E-state index in [9.17, 15) is 0 Å². The number of phosphoric acid groups is 1. The van der Waals surface area contributed by atoms with Gasteiger partial charge in [0.15, 0.2) is 0 Å². The predicted molar refractivity (Wildman–Crippen MR) is 22.2 cm³/mol. The Kier molecular flexibility index (Phi) is 15.1. The first-order valence-corrected chi connectivity index (χ1v) is 2.35. The molecule has 0 atom stereocenters. The van der Waals surface area contributed by atoms with Crippen LogP contribution in [0, 0.1) is 0 Å². The molecule has 0 aliphatic heterocycles. The second-order valence-electron chi connectivity index (χ2n) is 0.513. The summed E-state index contributed by atoms with van der Waals surface area (Å²) < 4.78 is 8.88. The number of hydrogen-bond acceptors (Lipinski definition) is 1. The van der Waals surface area contributed by atoms with Crippen LogP contribution in [0.5, 0.6) is 0 Å². The van der Waals surface area contributed by atoms with Crippen molar-refractivity contribution >= 4 is 56.7 Å². The molecule has 0 fully saturated rings. The van der Waals surface area contributed by atoms with Crippen LogP contribution >= 0.6 is 7.82 Å². The van der Waals surface area contributed by atoms with Crippen LogP contribution < -0.4 is 0 Å². The topological polar surface area (TPSA) is 77.8 Å². The van der Waals surface area contributed by atoms with Crippen molar-refractivity contribution in [3.05, 3.63) is 0 Å². The van der Waals surface area contributed by atoms with Crippen LogP contribution in [0.2, 0.25) is 0 Å². The Morgan fingerprint density at radius 1 is 1.29 bits per heavy atom. The fourth-order valence-electron chi connectivity index (χ4n) is 0. The molecule has 0 unspecified atom stereocenters. The average Bonchev–Trinajstić information content (AvgIpc) is 0.722. The van der Waals surface area contributed by atoms with E-state index in [-0.39, 0.29) is 73.5 Å². The number of hydrogen-bond donors (Lipinski definition) is 3. The molecule has 0 radical (unpaired) electrons. The predicted octanol–water partition coefficient (Wildman–Crippen LogP) is -1.09. The molecule has 0 heterocycles. The molecular formula is H5BaO4PTi. The van der Waals surface area contributed by atoms with Crippen molar-refractivity contribution in [2.45, 2.75) is 0 Å². The van der Waals surface area contributed by atoms with Gasteiger partial charge in [-0.3, -0.25) is 0 Å². The molecule has 0 aromatic heterocycles. The van der Waals surface area contributed by atoms with Crippen molar-refractivity contribution in [3.63, 3.8) is 0 Å². The van der Waals surface area contributed by atoms with Gasteiger partial charge in [-0.15, -0.1) is 0 Å². The van der Waals surface area contributed by atoms with Gasteiger partial charge < -0.3 is 17.5 Å². The maximum absolute atomic E-state index is 8.88. The fourth-order valence-corrected chi connectivity index (χ4v) is 0. The largest absolute Gasteiger partial charge is 2.00 e. The molecule has 0 aliphatic rings. The van der Waals surface area contributed by atoms with Crippen LogP contribution in [-0.4, -0.2) is 63.6 Å². The van der Waals surface area contributed by atoms with Crippen molar-refractivity contribution in [2.24, 2.45) is 0 Å². The third-order valence-electron chi connectivity index (χ3n) is 0. The summed E-state index contributed by atoms with van der Waals surface area (Å²) in [4.78, 5) is 21.6. The first-order valence-electron chi connectivity index (χ1n) is 0.783. The first-order chi connectivity index (χ1) is 2.00. The molecule has 0 bridgehead atoms. The summed E-state index contributed by atoms with van der Waals surface area (Å²) >= 11 is 0. The van der Waals surface area contributed by atoms with Crippen molar-refractivity contribution in [1.29, 1.82) is 0 Å². The molecule has 0 amide bonds. The fraction of sp³-hybridized carbons (Fsp3) is 0. The molecule has 7 heavy (non-hydrogen) atoms. The molecule has 0 aromatic carbocycles. The monoisotopic (exact) mass is 286 g/mol. The molecule has 4 nitrogen and oxygen atoms in total. The number of rotatable bonds is 0. The summed E-state index contributed by atoms with van der Waals surface area (Å²) in [6, 6.07) is 0. The molecule has 0 aromatic rings. The van der Waals surface area contributed by atoms with Gasteiger partial charge in [0, 0.05) is 21.7 Å². The van der Waals surface area contributed by atoms with E-state index in [4.69, 9.17) is 19.2 Å². The standard InChI is InChI=1S/Ba.H3O4P.Ti.2H/c;1-5(2,3)4;;;/h;(H3,1,2,3,4);;;/q+2;;;2*-1. The SMILES string of the molecule is O=P(O)(O)O.[Ba+2].[H-].[H-].[Ti]. The Balaban J connectivity index is -0.0000000133. The van der Waals surface area contributed by atoms with E-state index in [1.54, 1.807) is 0 Å². The minimum atomic E-state index is -4.64. The van der Waals surface area contributed by atoms with Gasteiger partial charge in [0.1, 0.15) is 0 Å². The van der Waals surface area contributed by atoms with Crippen LogP contribution in [0.25, 0.3) is 0 Å². The van der Waals surface area contributed by atoms with Gasteiger partial charge in [0.05, 0.1) is 0 Å². The Hall–Kier alpha value is 2.40. The zero-order valence-corrected chi connectivity index (χ0v) is 10.3. The summed E-state index contributed by atoms with van der Waals surface area (Å²) in [5.74, 6) is 0. The molecular weight excluding hydrogens is 280 g/mol. The van der Waals surface area contributed by atoms with Gasteiger partial charge >= 0.3 is 56.7 Å². The quantitative estimate of drug-likeness (QED) is 0.390. The van der Waals surface area contributed by atoms with Gasteiger partial charge in [-0.25, -0.2) is 4.57 Å². The van der Waals surface area contributed by atoms with Crippen LogP contribution in [-0.2, 0) is 26.3 Å². The normalized spacial score (nSPS) is 8.43. The Morgan fingerprint density at radius 3 is 1.29 bits per heavy atom. The Labute approximate surface area is 98.9 Å². The van der Waals surface area contributed by atoms with Crippen molar-refractivity contribution in [1.82, 2.24) is 0 Å². The molecule has 0 saturated carbocycles. The van der Waals surface area contributed by atoms with E-state index in [1.807, 2.05) is 0 Å². The molecule has 3 N–H and O–H groups in total. The molecule has 0 spiro atoms. The van der Waals surface area contributed by atoms with Gasteiger partial charge in [-0.1, -0.05) is 0 Å². The first kappa shape index (κ1) is 16.2. The van der Waals surface area contributed by atoms with E-state index in [0.29, 0.717) is 0 Å². The minimum Gasteiger partial charge on any atom is -1.00 e. The third kappa shape index (κ3) is 59.8. The maximum Gasteiger partial charge on any atom is 2.00 e. The van der Waals surface area contributed by atoms with E-state index >= 15 is 0 Å². The second-order valence-corrected chi connectivity index (χ2v) is 1.54. The zero-order chi connectivity index (χ0) is 4.50. The second kappa shape index (κ2) is 6.51. The Morgan fingerprint density at radius 2 is 1.29 bits per heavy atom. The maximum atomic E-state index is 8.88. The van der Waals surface area contributed by atoms with Crippen LogP contribution in [0.3, 0.4) is 0 Å². The van der Waals surface area contributed by atoms with Crippen molar-refractivity contribution < 1.29 is 43.8 Å². The zero-order valence-electron chi connectivity index (χ0n) is 5.40. The van der Waals surface area contributed by atoms with Crippen LogP contribution in [0.15, 0.2) is 0 Å². The summed E-state index contributed by atoms with van der Waals surface area (Å²) in [5.41, 5.74) is 0. The van der Waals surface area contributed by atoms with Gasteiger partial charge in [-0.05, 0) is 0 Å². The van der Waals surface area contributed by atoms with Gasteiger partial charge in [0.25, 0.3) is 0 Å². The van der Waals surface area contributed by atoms with Crippen LogP contribution in [0.4, 0.5) is 0 Å². The molecule has 7 heteroatoms. The van der Waals surface area contributed by atoms with E-state index in [1.165, 1.54) is 0 Å². The van der Waals surface area contributed by atoms with Gasteiger partial charge in [0.2, 0.25) is 0 Å². The average molecular weight is 285 g/mol. The summed E-state index contributed by atoms with van der Waals surface area (Å²) in [6.07, 6.45) is 0. The van der Waals surface area contributed by atoms with Crippen molar-refractivity contribution in [3.8, 4) is 0 Å². The van der Waals surface area contributed by atoms with Gasteiger partial charge in [-0.2, -0.15) is 0 Å². The van der Waals surface area contributed by atoms with E-state index < -0.39 is 7.82 Å². The molecule has 40 valence electrons. The van der Waals surface area contributed by atoms with E-state index in [2.05, 4.69) is 0 Å².